The van der Waals surface area contributed by atoms with Crippen molar-refractivity contribution in [2.45, 2.75) is 63.0 Å². The topological polar surface area (TPSA) is 87.3 Å². The van der Waals surface area contributed by atoms with E-state index in [1.807, 2.05) is 4.90 Å². The summed E-state index contributed by atoms with van der Waals surface area (Å²) in [7, 11) is 0. The van der Waals surface area contributed by atoms with Crippen molar-refractivity contribution in [1.29, 1.82) is 0 Å². The third-order valence-electron chi connectivity index (χ3n) is 6.59. The number of aromatic nitrogens is 2. The minimum absolute atomic E-state index is 0.107. The zero-order chi connectivity index (χ0) is 20.0. The van der Waals surface area contributed by atoms with E-state index >= 15 is 0 Å². The van der Waals surface area contributed by atoms with Gasteiger partial charge in [0.2, 0.25) is 5.91 Å². The van der Waals surface area contributed by atoms with Crippen LogP contribution < -0.4 is 5.32 Å². The van der Waals surface area contributed by atoms with Gasteiger partial charge in [0.25, 0.3) is 11.8 Å². The van der Waals surface area contributed by atoms with Crippen LogP contribution in [-0.2, 0) is 9.53 Å². The van der Waals surface area contributed by atoms with Crippen molar-refractivity contribution >= 4 is 11.8 Å². The number of rotatable bonds is 6. The van der Waals surface area contributed by atoms with E-state index in [0.717, 1.165) is 19.3 Å². The molecule has 7 nitrogen and oxygen atoms in total. The molecule has 3 aliphatic rings. The van der Waals surface area contributed by atoms with Crippen LogP contribution in [-0.4, -0.2) is 64.2 Å². The first kappa shape index (κ1) is 19.3. The molecule has 0 radical (unpaired) electrons. The smallest absolute Gasteiger partial charge is 0.272 e. The van der Waals surface area contributed by atoms with Gasteiger partial charge >= 0.3 is 0 Å². The second-order valence-electron chi connectivity index (χ2n) is 8.64. The predicted octanol–water partition coefficient (Wildman–Crippen LogP) is 2.12. The Morgan fingerprint density at radius 2 is 2.18 bits per heavy atom. The van der Waals surface area contributed by atoms with Crippen molar-refractivity contribution in [2.75, 3.05) is 19.7 Å². The lowest BCUT2D eigenvalue weighted by molar-refractivity contribution is -0.140. The highest BCUT2D eigenvalue weighted by molar-refractivity contribution is 5.93. The average Bonchev–Trinajstić information content (AvgIpc) is 2.98. The van der Waals surface area contributed by atoms with E-state index < -0.39 is 17.4 Å². The fraction of sp³-hybridized carbons (Fsp3) is 0.737. The number of amides is 2. The third kappa shape index (κ3) is 3.40. The van der Waals surface area contributed by atoms with Gasteiger partial charge in [-0.3, -0.25) is 14.7 Å². The molecule has 2 unspecified atom stereocenters. The molecule has 1 aromatic heterocycles. The van der Waals surface area contributed by atoms with Crippen LogP contribution in [0.15, 0.2) is 12.3 Å². The Kier molecular flexibility index (Phi) is 4.68. The highest BCUT2D eigenvalue weighted by Gasteiger charge is 2.67. The van der Waals surface area contributed by atoms with E-state index in [-0.39, 0.29) is 43.2 Å². The van der Waals surface area contributed by atoms with Crippen molar-refractivity contribution in [3.63, 3.8) is 0 Å². The molecule has 1 saturated heterocycles. The van der Waals surface area contributed by atoms with Gasteiger partial charge < -0.3 is 15.0 Å². The van der Waals surface area contributed by atoms with E-state index in [9.17, 15) is 18.4 Å². The van der Waals surface area contributed by atoms with Crippen LogP contribution in [0.3, 0.4) is 0 Å². The third-order valence-corrected chi connectivity index (χ3v) is 6.59. The summed E-state index contributed by atoms with van der Waals surface area (Å²) in [6.07, 6.45) is 4.20. The number of alkyl halides is 2. The lowest BCUT2D eigenvalue weighted by atomic mass is 9.74. The molecule has 3 fully saturated rings. The van der Waals surface area contributed by atoms with Gasteiger partial charge in [-0.05, 0) is 31.7 Å². The standard InChI is InChI=1S/C19H26F2N4O3/c1-17(11-19(17,20)21)6-8-22-15(26)9-13-10-25(16(27)14-3-7-23-24-14)18(12-28-13)4-2-5-18/h3,7,13H,2,4-6,8-12H2,1H3,(H,22,26)(H,23,24). The first-order valence-corrected chi connectivity index (χ1v) is 9.82. The zero-order valence-corrected chi connectivity index (χ0v) is 16.0. The molecule has 0 aromatic carbocycles. The monoisotopic (exact) mass is 396 g/mol. The van der Waals surface area contributed by atoms with Gasteiger partial charge in [-0.1, -0.05) is 6.92 Å². The molecule has 2 aliphatic carbocycles. The van der Waals surface area contributed by atoms with E-state index in [2.05, 4.69) is 15.5 Å². The Hall–Kier alpha value is -2.03. The summed E-state index contributed by atoms with van der Waals surface area (Å²) in [6.45, 7) is 2.51. The predicted molar refractivity (Wildman–Crippen MR) is 95.9 cm³/mol. The summed E-state index contributed by atoms with van der Waals surface area (Å²) in [6, 6.07) is 1.64. The summed E-state index contributed by atoms with van der Waals surface area (Å²) < 4.78 is 32.4. The average molecular weight is 396 g/mol. The highest BCUT2D eigenvalue weighted by Crippen LogP contribution is 2.62. The molecule has 9 heteroatoms. The summed E-state index contributed by atoms with van der Waals surface area (Å²) in [5.74, 6) is -2.99. The molecule has 154 valence electrons. The van der Waals surface area contributed by atoms with Gasteiger partial charge in [-0.25, -0.2) is 8.78 Å². The summed E-state index contributed by atoms with van der Waals surface area (Å²) in [5.41, 5.74) is -0.859. The molecule has 4 rings (SSSR count). The van der Waals surface area contributed by atoms with Gasteiger partial charge in [-0.2, -0.15) is 5.10 Å². The Morgan fingerprint density at radius 3 is 2.75 bits per heavy atom. The van der Waals surface area contributed by atoms with Crippen LogP contribution >= 0.6 is 0 Å². The summed E-state index contributed by atoms with van der Waals surface area (Å²) in [4.78, 5) is 26.9. The highest BCUT2D eigenvalue weighted by atomic mass is 19.3. The maximum Gasteiger partial charge on any atom is 0.272 e. The molecule has 1 aromatic rings. The van der Waals surface area contributed by atoms with Gasteiger partial charge in [0, 0.05) is 31.1 Å². The van der Waals surface area contributed by atoms with Crippen molar-refractivity contribution < 1.29 is 23.1 Å². The van der Waals surface area contributed by atoms with Crippen molar-refractivity contribution in [3.05, 3.63) is 18.0 Å². The van der Waals surface area contributed by atoms with Gasteiger partial charge in [-0.15, -0.1) is 0 Å². The summed E-state index contributed by atoms with van der Waals surface area (Å²) >= 11 is 0. The fourth-order valence-electron chi connectivity index (χ4n) is 4.22. The molecule has 0 bridgehead atoms. The number of carbonyl (C=O) groups is 2. The molecule has 2 N–H and O–H groups in total. The van der Waals surface area contributed by atoms with Gasteiger partial charge in [0.05, 0.1) is 24.7 Å². The number of H-pyrrole nitrogens is 1. The lowest BCUT2D eigenvalue weighted by Gasteiger charge is -2.54. The van der Waals surface area contributed by atoms with Gasteiger partial charge in [0.1, 0.15) is 5.69 Å². The Labute approximate surface area is 162 Å². The Morgan fingerprint density at radius 1 is 1.43 bits per heavy atom. The minimum atomic E-state index is -2.62. The molecule has 28 heavy (non-hydrogen) atoms. The number of nitrogens with one attached hydrogen (secondary N) is 2. The maximum absolute atomic E-state index is 13.2. The first-order valence-electron chi connectivity index (χ1n) is 9.82. The van der Waals surface area contributed by atoms with Crippen LogP contribution in [0, 0.1) is 5.41 Å². The molecule has 2 atom stereocenters. The van der Waals surface area contributed by atoms with Gasteiger partial charge in [0.15, 0.2) is 0 Å². The van der Waals surface area contributed by atoms with Crippen molar-refractivity contribution in [1.82, 2.24) is 20.4 Å². The number of hydrogen-bond donors (Lipinski definition) is 2. The maximum atomic E-state index is 13.2. The molecular weight excluding hydrogens is 370 g/mol. The van der Waals surface area contributed by atoms with Crippen molar-refractivity contribution in [2.24, 2.45) is 5.41 Å². The molecule has 2 heterocycles. The second-order valence-corrected chi connectivity index (χ2v) is 8.64. The van der Waals surface area contributed by atoms with E-state index in [4.69, 9.17) is 4.74 Å². The van der Waals surface area contributed by atoms with E-state index in [1.165, 1.54) is 6.20 Å². The lowest BCUT2D eigenvalue weighted by Crippen LogP contribution is -2.65. The number of nitrogens with zero attached hydrogens (tertiary/aromatic N) is 2. The molecule has 2 amide bonds. The molecule has 2 saturated carbocycles. The quantitative estimate of drug-likeness (QED) is 0.771. The number of ether oxygens (including phenoxy) is 1. The molecule has 1 spiro atoms. The van der Waals surface area contributed by atoms with Crippen LogP contribution in [0.4, 0.5) is 8.78 Å². The van der Waals surface area contributed by atoms with E-state index in [1.54, 1.807) is 13.0 Å². The Balaban J connectivity index is 1.30. The van der Waals surface area contributed by atoms with Crippen LogP contribution in [0.1, 0.15) is 55.9 Å². The SMILES string of the molecule is CC1(CCNC(=O)CC2CN(C(=O)c3ccn[nH]3)C3(CCC3)CO2)CC1(F)F. The normalized spacial score (nSPS) is 30.0. The number of aromatic amines is 1. The van der Waals surface area contributed by atoms with Crippen LogP contribution in [0.5, 0.6) is 0 Å². The zero-order valence-electron chi connectivity index (χ0n) is 16.0. The largest absolute Gasteiger partial charge is 0.373 e. The van der Waals surface area contributed by atoms with Crippen molar-refractivity contribution in [3.8, 4) is 0 Å². The molecular formula is C19H26F2N4O3. The summed E-state index contributed by atoms with van der Waals surface area (Å²) in [5, 5.41) is 9.27. The number of halogens is 2. The second kappa shape index (κ2) is 6.79. The van der Waals surface area contributed by atoms with Crippen LogP contribution in [0.2, 0.25) is 0 Å². The first-order chi connectivity index (χ1) is 13.2. The number of morpholine rings is 1. The number of carbonyl (C=O) groups excluding carboxylic acids is 2. The minimum Gasteiger partial charge on any atom is -0.373 e. The fourth-order valence-corrected chi connectivity index (χ4v) is 4.22. The Bertz CT molecular complexity index is 750. The van der Waals surface area contributed by atoms with E-state index in [0.29, 0.717) is 18.8 Å². The molecule has 1 aliphatic heterocycles. The van der Waals surface area contributed by atoms with Crippen LogP contribution in [0.25, 0.3) is 0 Å². The number of hydrogen-bond acceptors (Lipinski definition) is 4.